The smallest absolute Gasteiger partial charge is 0.320 e. The van der Waals surface area contributed by atoms with Gasteiger partial charge in [0.2, 0.25) is 0 Å². The Labute approximate surface area is 124 Å². The summed E-state index contributed by atoms with van der Waals surface area (Å²) in [7, 11) is 0. The molecular formula is C16H17N3O2. The summed E-state index contributed by atoms with van der Waals surface area (Å²) < 4.78 is 5.05. The molecule has 1 aromatic rings. The van der Waals surface area contributed by atoms with Gasteiger partial charge in [-0.25, -0.2) is 0 Å². The molecule has 1 atom stereocenters. The van der Waals surface area contributed by atoms with E-state index in [2.05, 4.69) is 4.98 Å². The second-order valence-electron chi connectivity index (χ2n) is 5.37. The van der Waals surface area contributed by atoms with Crippen LogP contribution in [0.15, 0.2) is 18.3 Å². The van der Waals surface area contributed by atoms with E-state index >= 15 is 0 Å². The molecule has 5 heteroatoms. The fourth-order valence-corrected chi connectivity index (χ4v) is 2.31. The molecule has 1 heterocycles. The van der Waals surface area contributed by atoms with Gasteiger partial charge in [0.15, 0.2) is 5.92 Å². The number of carbonyl (C=O) groups excluding carboxylic acids is 1. The molecule has 0 N–H and O–H groups in total. The highest BCUT2D eigenvalue weighted by Crippen LogP contribution is 2.40. The number of rotatable bonds is 5. The highest BCUT2D eigenvalue weighted by Gasteiger charge is 2.46. The van der Waals surface area contributed by atoms with Gasteiger partial charge >= 0.3 is 5.97 Å². The minimum atomic E-state index is -1.37. The number of nitriles is 2. The lowest BCUT2D eigenvalue weighted by Gasteiger charge is -2.27. The van der Waals surface area contributed by atoms with Crippen molar-refractivity contribution in [2.45, 2.75) is 38.0 Å². The summed E-state index contributed by atoms with van der Waals surface area (Å²) in [4.78, 5) is 16.6. The van der Waals surface area contributed by atoms with Crippen LogP contribution in [0.1, 0.15) is 43.9 Å². The third kappa shape index (κ3) is 2.73. The largest absolute Gasteiger partial charge is 0.465 e. The first kappa shape index (κ1) is 15.0. The van der Waals surface area contributed by atoms with Crippen molar-refractivity contribution in [1.29, 1.82) is 10.5 Å². The number of aromatic nitrogens is 1. The van der Waals surface area contributed by atoms with Gasteiger partial charge in [0.25, 0.3) is 0 Å². The molecule has 0 radical (unpaired) electrons. The van der Waals surface area contributed by atoms with Crippen molar-refractivity contribution >= 4 is 5.97 Å². The van der Waals surface area contributed by atoms with Crippen molar-refractivity contribution in [1.82, 2.24) is 4.98 Å². The van der Waals surface area contributed by atoms with Gasteiger partial charge in [-0.05, 0) is 44.2 Å². The number of pyridine rings is 1. The van der Waals surface area contributed by atoms with Gasteiger partial charge in [-0.3, -0.25) is 9.78 Å². The molecular weight excluding hydrogens is 266 g/mol. The molecule has 2 rings (SSSR count). The van der Waals surface area contributed by atoms with Gasteiger partial charge < -0.3 is 4.74 Å². The van der Waals surface area contributed by atoms with E-state index in [1.165, 1.54) is 0 Å². The lowest BCUT2D eigenvalue weighted by Crippen LogP contribution is -2.41. The van der Waals surface area contributed by atoms with E-state index in [-0.39, 0.29) is 6.61 Å². The minimum absolute atomic E-state index is 0.193. The SMILES string of the molecule is CCOC(=O)[C@@](C)(c1ccc(C2CC2)cn1)C(C#N)C#N. The predicted octanol–water partition coefficient (Wildman–Crippen LogP) is 2.44. The van der Waals surface area contributed by atoms with Crippen LogP contribution in [0, 0.1) is 28.6 Å². The number of ether oxygens (including phenoxy) is 1. The molecule has 0 unspecified atom stereocenters. The van der Waals surface area contributed by atoms with Crippen molar-refractivity contribution in [2.24, 2.45) is 5.92 Å². The number of hydrogen-bond acceptors (Lipinski definition) is 5. The number of carbonyl (C=O) groups is 1. The summed E-state index contributed by atoms with van der Waals surface area (Å²) in [5, 5.41) is 18.4. The minimum Gasteiger partial charge on any atom is -0.465 e. The third-order valence-corrected chi connectivity index (χ3v) is 3.90. The first-order valence-corrected chi connectivity index (χ1v) is 7.00. The Kier molecular flexibility index (Phi) is 4.23. The van der Waals surface area contributed by atoms with Crippen LogP contribution in [-0.4, -0.2) is 17.6 Å². The van der Waals surface area contributed by atoms with Gasteiger partial charge in [-0.2, -0.15) is 10.5 Å². The van der Waals surface area contributed by atoms with Crippen LogP contribution in [0.3, 0.4) is 0 Å². The average Bonchev–Trinajstić information content (AvgIpc) is 3.33. The molecule has 1 aromatic heterocycles. The maximum absolute atomic E-state index is 12.3. The highest BCUT2D eigenvalue weighted by atomic mass is 16.5. The molecule has 1 fully saturated rings. The van der Waals surface area contributed by atoms with Gasteiger partial charge in [0, 0.05) is 6.20 Å². The van der Waals surface area contributed by atoms with Crippen molar-refractivity contribution in [3.8, 4) is 12.1 Å². The van der Waals surface area contributed by atoms with Crippen molar-refractivity contribution in [3.05, 3.63) is 29.6 Å². The lowest BCUT2D eigenvalue weighted by atomic mass is 9.75. The van der Waals surface area contributed by atoms with Crippen LogP contribution in [0.5, 0.6) is 0 Å². The van der Waals surface area contributed by atoms with Crippen LogP contribution in [0.2, 0.25) is 0 Å². The van der Waals surface area contributed by atoms with Crippen molar-refractivity contribution in [3.63, 3.8) is 0 Å². The van der Waals surface area contributed by atoms with Crippen LogP contribution >= 0.6 is 0 Å². The lowest BCUT2D eigenvalue weighted by molar-refractivity contribution is -0.150. The molecule has 1 aliphatic carbocycles. The van der Waals surface area contributed by atoms with E-state index in [9.17, 15) is 15.3 Å². The maximum atomic E-state index is 12.3. The zero-order valence-electron chi connectivity index (χ0n) is 12.2. The Bertz CT molecular complexity index is 594. The van der Waals surface area contributed by atoms with E-state index in [4.69, 9.17) is 4.74 Å². The van der Waals surface area contributed by atoms with E-state index in [0.29, 0.717) is 11.6 Å². The molecule has 0 aromatic carbocycles. The highest BCUT2D eigenvalue weighted by molar-refractivity contribution is 5.83. The molecule has 0 bridgehead atoms. The van der Waals surface area contributed by atoms with Gasteiger partial charge in [-0.1, -0.05) is 6.07 Å². The summed E-state index contributed by atoms with van der Waals surface area (Å²) in [6.07, 6.45) is 4.06. The summed E-state index contributed by atoms with van der Waals surface area (Å²) in [5.74, 6) is -1.18. The Hall–Kier alpha value is -2.40. The third-order valence-electron chi connectivity index (χ3n) is 3.90. The molecule has 0 spiro atoms. The Morgan fingerprint density at radius 3 is 2.57 bits per heavy atom. The normalized spacial score (nSPS) is 16.6. The summed E-state index contributed by atoms with van der Waals surface area (Å²) >= 11 is 0. The van der Waals surface area contributed by atoms with Crippen LogP contribution < -0.4 is 0 Å². The molecule has 5 nitrogen and oxygen atoms in total. The fourth-order valence-electron chi connectivity index (χ4n) is 2.31. The van der Waals surface area contributed by atoms with Crippen molar-refractivity contribution < 1.29 is 9.53 Å². The predicted molar refractivity (Wildman–Crippen MR) is 74.9 cm³/mol. The number of hydrogen-bond donors (Lipinski definition) is 0. The Morgan fingerprint density at radius 1 is 1.48 bits per heavy atom. The average molecular weight is 283 g/mol. The Morgan fingerprint density at radius 2 is 2.14 bits per heavy atom. The van der Waals surface area contributed by atoms with Crippen LogP contribution in [0.25, 0.3) is 0 Å². The zero-order valence-corrected chi connectivity index (χ0v) is 12.2. The monoisotopic (exact) mass is 283 g/mol. The second-order valence-corrected chi connectivity index (χ2v) is 5.37. The van der Waals surface area contributed by atoms with Gasteiger partial charge in [0.05, 0.1) is 24.4 Å². The summed E-state index contributed by atoms with van der Waals surface area (Å²) in [5.41, 5.74) is 0.163. The van der Waals surface area contributed by atoms with Gasteiger partial charge in [0.1, 0.15) is 5.41 Å². The molecule has 108 valence electrons. The topological polar surface area (TPSA) is 86.8 Å². The Balaban J connectivity index is 2.41. The van der Waals surface area contributed by atoms with Crippen molar-refractivity contribution in [2.75, 3.05) is 6.61 Å². The molecule has 1 aliphatic rings. The summed E-state index contributed by atoms with van der Waals surface area (Å²) in [6, 6.07) is 7.40. The first-order chi connectivity index (χ1) is 10.1. The molecule has 21 heavy (non-hydrogen) atoms. The van der Waals surface area contributed by atoms with E-state index in [0.717, 1.165) is 18.4 Å². The van der Waals surface area contributed by atoms with Crippen LogP contribution in [0.4, 0.5) is 0 Å². The van der Waals surface area contributed by atoms with Gasteiger partial charge in [-0.15, -0.1) is 0 Å². The first-order valence-electron chi connectivity index (χ1n) is 7.00. The number of esters is 1. The number of nitrogens with zero attached hydrogens (tertiary/aromatic N) is 3. The van der Waals surface area contributed by atoms with Crippen LogP contribution in [-0.2, 0) is 14.9 Å². The van der Waals surface area contributed by atoms with E-state index in [1.54, 1.807) is 26.1 Å². The molecule has 0 amide bonds. The quantitative estimate of drug-likeness (QED) is 0.774. The van der Waals surface area contributed by atoms with E-state index < -0.39 is 17.3 Å². The van der Waals surface area contributed by atoms with E-state index in [1.807, 2.05) is 18.2 Å². The molecule has 0 saturated heterocycles. The fraction of sp³-hybridized carbons (Fsp3) is 0.500. The standard InChI is InChI=1S/C16H17N3O2/c1-3-21-15(20)16(2,13(8-17)9-18)14-7-6-12(10-19-14)11-4-5-11/h6-7,10-11,13H,3-5H2,1-2H3/t16-/m1/s1. The zero-order chi connectivity index (χ0) is 15.5. The second kappa shape index (κ2) is 5.93. The maximum Gasteiger partial charge on any atom is 0.320 e. The summed E-state index contributed by atoms with van der Waals surface area (Å²) in [6.45, 7) is 3.43. The molecule has 0 aliphatic heterocycles. The molecule has 1 saturated carbocycles.